The van der Waals surface area contributed by atoms with E-state index in [2.05, 4.69) is 13.1 Å². The van der Waals surface area contributed by atoms with E-state index in [4.69, 9.17) is 9.72 Å². The molecule has 1 unspecified atom stereocenters. The first kappa shape index (κ1) is 18.9. The predicted octanol–water partition coefficient (Wildman–Crippen LogP) is 3.02. The Morgan fingerprint density at radius 2 is 2.14 bits per heavy atom. The first-order chi connectivity index (χ1) is 13.7. The summed E-state index contributed by atoms with van der Waals surface area (Å²) in [5.41, 5.74) is 1.57. The zero-order valence-electron chi connectivity index (χ0n) is 16.4. The molecule has 0 aliphatic carbocycles. The van der Waals surface area contributed by atoms with E-state index in [9.17, 15) is 4.79 Å². The second kappa shape index (κ2) is 8.29. The summed E-state index contributed by atoms with van der Waals surface area (Å²) >= 11 is 1.58. The van der Waals surface area contributed by atoms with Crippen LogP contribution in [0.5, 0.6) is 5.75 Å². The molecule has 0 radical (unpaired) electrons. The van der Waals surface area contributed by atoms with Crippen LogP contribution in [0.2, 0.25) is 0 Å². The minimum atomic E-state index is -0.0198. The minimum absolute atomic E-state index is 0.0198. The van der Waals surface area contributed by atoms with Crippen molar-refractivity contribution in [2.24, 2.45) is 0 Å². The van der Waals surface area contributed by atoms with Gasteiger partial charge in [0.1, 0.15) is 5.75 Å². The predicted molar refractivity (Wildman–Crippen MR) is 114 cm³/mol. The van der Waals surface area contributed by atoms with Crippen LogP contribution in [0.4, 0.5) is 5.13 Å². The summed E-state index contributed by atoms with van der Waals surface area (Å²) in [4.78, 5) is 21.6. The van der Waals surface area contributed by atoms with Gasteiger partial charge in [-0.25, -0.2) is 4.98 Å². The monoisotopic (exact) mass is 396 g/mol. The van der Waals surface area contributed by atoms with Crippen molar-refractivity contribution in [1.29, 1.82) is 0 Å². The second-order valence-corrected chi connectivity index (χ2v) is 8.39. The van der Waals surface area contributed by atoms with Gasteiger partial charge in [-0.05, 0) is 30.3 Å². The molecule has 3 aromatic rings. The van der Waals surface area contributed by atoms with E-state index in [1.807, 2.05) is 41.3 Å². The number of amides is 1. The number of benzene rings is 2. The molecule has 2 heterocycles. The molecule has 146 valence electrons. The second-order valence-electron chi connectivity index (χ2n) is 7.38. The topological polar surface area (TPSA) is 46.9 Å². The van der Waals surface area contributed by atoms with Crippen LogP contribution in [-0.2, 0) is 0 Å². The van der Waals surface area contributed by atoms with Gasteiger partial charge in [0.15, 0.2) is 5.13 Å². The van der Waals surface area contributed by atoms with Crippen LogP contribution in [0.25, 0.3) is 10.2 Å². The lowest BCUT2D eigenvalue weighted by Gasteiger charge is -2.23. The third kappa shape index (κ3) is 3.88. The average molecular weight is 397 g/mol. The summed E-state index contributed by atoms with van der Waals surface area (Å²) in [6.07, 6.45) is 3.48. The van der Waals surface area contributed by atoms with Crippen molar-refractivity contribution >= 4 is 32.6 Å². The van der Waals surface area contributed by atoms with Gasteiger partial charge >= 0.3 is 0 Å². The fraction of sp³-hybridized carbons (Fsp3) is 0.364. The van der Waals surface area contributed by atoms with Crippen LogP contribution < -0.4 is 14.5 Å². The molecular formula is C22H26N3O2S+. The van der Waals surface area contributed by atoms with Gasteiger partial charge in [0.2, 0.25) is 0 Å². The lowest BCUT2D eigenvalue weighted by Crippen LogP contribution is -3.10. The quantitative estimate of drug-likeness (QED) is 0.697. The molecule has 1 aromatic heterocycles. The number of hydrogen-bond donors (Lipinski definition) is 1. The smallest absolute Gasteiger partial charge is 0.260 e. The molecule has 1 aliphatic rings. The third-order valence-electron chi connectivity index (χ3n) is 5.60. The number of carbonyl (C=O) groups excluding carboxylic acids is 1. The van der Waals surface area contributed by atoms with E-state index in [0.717, 1.165) is 21.8 Å². The number of methoxy groups -OCH3 is 1. The number of para-hydroxylation sites is 1. The zero-order valence-corrected chi connectivity index (χ0v) is 17.2. The number of nitrogens with zero attached hydrogens (tertiary/aromatic N) is 2. The molecule has 4 rings (SSSR count). The Balaban J connectivity index is 1.64. The minimum Gasteiger partial charge on any atom is -0.497 e. The van der Waals surface area contributed by atoms with E-state index < -0.39 is 0 Å². The number of nitrogens with one attached hydrogen (secondary N) is 1. The summed E-state index contributed by atoms with van der Waals surface area (Å²) in [6, 6.07) is 16.0. The van der Waals surface area contributed by atoms with Gasteiger partial charge in [-0.3, -0.25) is 9.69 Å². The highest BCUT2D eigenvalue weighted by Gasteiger charge is 2.28. The number of quaternary nitrogens is 1. The van der Waals surface area contributed by atoms with Crippen molar-refractivity contribution in [3.05, 3.63) is 54.1 Å². The lowest BCUT2D eigenvalue weighted by molar-refractivity contribution is -0.892. The number of ether oxygens (including phenoxy) is 1. The average Bonchev–Trinajstić information content (AvgIpc) is 3.34. The Morgan fingerprint density at radius 3 is 2.89 bits per heavy atom. The first-order valence-corrected chi connectivity index (χ1v) is 10.6. The summed E-state index contributed by atoms with van der Waals surface area (Å²) in [6.45, 7) is 1.90. The Labute approximate surface area is 169 Å². The Hall–Kier alpha value is -2.44. The maximum absolute atomic E-state index is 13.4. The fourth-order valence-electron chi connectivity index (χ4n) is 3.92. The van der Waals surface area contributed by atoms with Crippen LogP contribution >= 0.6 is 11.3 Å². The SMILES string of the molecule is COc1cccc(C(=O)N(CC[C@@H]2CCC[NH+]2C)c2nc3ccccc3s2)c1. The highest BCUT2D eigenvalue weighted by Crippen LogP contribution is 2.30. The van der Waals surface area contributed by atoms with Crippen molar-refractivity contribution in [3.63, 3.8) is 0 Å². The molecule has 2 atom stereocenters. The van der Waals surface area contributed by atoms with Crippen molar-refractivity contribution < 1.29 is 14.4 Å². The molecular weight excluding hydrogens is 370 g/mol. The molecule has 28 heavy (non-hydrogen) atoms. The maximum Gasteiger partial charge on any atom is 0.260 e. The largest absolute Gasteiger partial charge is 0.497 e. The maximum atomic E-state index is 13.4. The molecule has 5 nitrogen and oxygen atoms in total. The number of rotatable bonds is 6. The van der Waals surface area contributed by atoms with Gasteiger partial charge in [0.05, 0.1) is 37.0 Å². The van der Waals surface area contributed by atoms with Gasteiger partial charge < -0.3 is 9.64 Å². The van der Waals surface area contributed by atoms with Gasteiger partial charge in [-0.1, -0.05) is 29.5 Å². The summed E-state index contributed by atoms with van der Waals surface area (Å²) < 4.78 is 6.41. The Kier molecular flexibility index (Phi) is 5.59. The molecule has 1 amide bonds. The summed E-state index contributed by atoms with van der Waals surface area (Å²) in [5.74, 6) is 0.670. The van der Waals surface area contributed by atoms with Gasteiger partial charge in [-0.2, -0.15) is 0 Å². The summed E-state index contributed by atoms with van der Waals surface area (Å²) in [7, 11) is 3.87. The molecule has 1 fully saturated rings. The molecule has 6 heteroatoms. The van der Waals surface area contributed by atoms with Crippen molar-refractivity contribution in [1.82, 2.24) is 4.98 Å². The van der Waals surface area contributed by atoms with E-state index in [0.29, 0.717) is 23.9 Å². The van der Waals surface area contributed by atoms with Crippen LogP contribution in [0.1, 0.15) is 29.6 Å². The van der Waals surface area contributed by atoms with Crippen LogP contribution in [0.15, 0.2) is 48.5 Å². The zero-order chi connectivity index (χ0) is 19.5. The van der Waals surface area contributed by atoms with E-state index in [1.54, 1.807) is 29.4 Å². The van der Waals surface area contributed by atoms with Crippen molar-refractivity contribution in [3.8, 4) is 5.75 Å². The van der Waals surface area contributed by atoms with Crippen molar-refractivity contribution in [2.75, 3.05) is 32.1 Å². The molecule has 0 saturated carbocycles. The van der Waals surface area contributed by atoms with Gasteiger partial charge in [0.25, 0.3) is 5.91 Å². The number of fused-ring (bicyclic) bond motifs is 1. The van der Waals surface area contributed by atoms with E-state index >= 15 is 0 Å². The van der Waals surface area contributed by atoms with Crippen LogP contribution in [0, 0.1) is 0 Å². The number of likely N-dealkylation sites (tertiary alicyclic amines) is 1. The summed E-state index contributed by atoms with van der Waals surface area (Å²) in [5, 5.41) is 0.768. The van der Waals surface area contributed by atoms with Crippen molar-refractivity contribution in [2.45, 2.75) is 25.3 Å². The van der Waals surface area contributed by atoms with Crippen LogP contribution in [-0.4, -0.2) is 44.2 Å². The van der Waals surface area contributed by atoms with Crippen LogP contribution in [0.3, 0.4) is 0 Å². The molecule has 2 aromatic carbocycles. The number of aromatic nitrogens is 1. The molecule has 0 bridgehead atoms. The number of thiazole rings is 1. The molecule has 1 saturated heterocycles. The normalized spacial score (nSPS) is 19.1. The van der Waals surface area contributed by atoms with Gasteiger partial charge in [0, 0.05) is 31.4 Å². The number of carbonyl (C=O) groups is 1. The number of hydrogen-bond acceptors (Lipinski definition) is 4. The Bertz CT molecular complexity index is 938. The van der Waals surface area contributed by atoms with E-state index in [-0.39, 0.29) is 5.91 Å². The first-order valence-electron chi connectivity index (χ1n) is 9.79. The Morgan fingerprint density at radius 1 is 1.29 bits per heavy atom. The fourth-order valence-corrected chi connectivity index (χ4v) is 4.91. The van der Waals surface area contributed by atoms with Gasteiger partial charge in [-0.15, -0.1) is 0 Å². The molecule has 1 aliphatic heterocycles. The third-order valence-corrected chi connectivity index (χ3v) is 6.66. The highest BCUT2D eigenvalue weighted by molar-refractivity contribution is 7.22. The molecule has 1 N–H and O–H groups in total. The van der Waals surface area contributed by atoms with E-state index in [1.165, 1.54) is 19.4 Å². The highest BCUT2D eigenvalue weighted by atomic mass is 32.1. The molecule has 0 spiro atoms. The standard InChI is InChI=1S/C22H25N3O2S/c1-24-13-6-8-17(24)12-14-25(21(26)16-7-5-9-18(15-16)27-2)22-23-19-10-3-4-11-20(19)28-22/h3-5,7,9-11,15,17H,6,8,12-14H2,1-2H3/p+1/t17-/m0/s1. The lowest BCUT2D eigenvalue weighted by atomic mass is 10.1. The number of anilines is 1.